The number of halogens is 2. The molecule has 0 heterocycles. The minimum absolute atomic E-state index is 0.0201. The number of rotatable bonds is 5. The third-order valence-corrected chi connectivity index (χ3v) is 2.83. The molecule has 0 aliphatic heterocycles. The Bertz CT molecular complexity index is 633. The standard InChI is InChI=1S/C15H13F2NO3/c1-20-11-4-2-9(3-5-11)8-21-14-12(16)6-10(15(18)19)7-13(14)17/h2-7H,8H2,1H3,(H2,18,19). The topological polar surface area (TPSA) is 61.6 Å². The first-order valence-corrected chi connectivity index (χ1v) is 6.06. The third-order valence-electron chi connectivity index (χ3n) is 2.83. The molecular formula is C15H13F2NO3. The second kappa shape index (κ2) is 6.21. The van der Waals surface area contributed by atoms with Gasteiger partial charge in [-0.2, -0.15) is 0 Å². The van der Waals surface area contributed by atoms with Gasteiger partial charge in [0.1, 0.15) is 12.4 Å². The van der Waals surface area contributed by atoms with Gasteiger partial charge in [0.05, 0.1) is 7.11 Å². The number of benzene rings is 2. The van der Waals surface area contributed by atoms with E-state index >= 15 is 0 Å². The van der Waals surface area contributed by atoms with Gasteiger partial charge >= 0.3 is 0 Å². The lowest BCUT2D eigenvalue weighted by Crippen LogP contribution is -2.12. The Morgan fingerprint density at radius 1 is 1.14 bits per heavy atom. The summed E-state index contributed by atoms with van der Waals surface area (Å²) in [5, 5.41) is 0. The van der Waals surface area contributed by atoms with Crippen LogP contribution >= 0.6 is 0 Å². The molecule has 0 aliphatic rings. The first-order valence-electron chi connectivity index (χ1n) is 6.06. The van der Waals surface area contributed by atoms with Crippen molar-refractivity contribution >= 4 is 5.91 Å². The van der Waals surface area contributed by atoms with Crippen LogP contribution in [0.25, 0.3) is 0 Å². The van der Waals surface area contributed by atoms with E-state index in [0.717, 1.165) is 12.1 Å². The molecule has 4 nitrogen and oxygen atoms in total. The van der Waals surface area contributed by atoms with Crippen LogP contribution in [-0.2, 0) is 6.61 Å². The van der Waals surface area contributed by atoms with Crippen LogP contribution < -0.4 is 15.2 Å². The summed E-state index contributed by atoms with van der Waals surface area (Å²) in [5.41, 5.74) is 5.44. The number of primary amides is 1. The van der Waals surface area contributed by atoms with Crippen LogP contribution in [0.15, 0.2) is 36.4 Å². The van der Waals surface area contributed by atoms with E-state index in [9.17, 15) is 13.6 Å². The van der Waals surface area contributed by atoms with Gasteiger partial charge in [0.2, 0.25) is 5.91 Å². The van der Waals surface area contributed by atoms with Crippen LogP contribution in [0.4, 0.5) is 8.78 Å². The molecule has 2 rings (SSSR count). The van der Waals surface area contributed by atoms with E-state index in [1.54, 1.807) is 24.3 Å². The lowest BCUT2D eigenvalue weighted by molar-refractivity contribution is 0.0999. The first-order chi connectivity index (χ1) is 10.0. The van der Waals surface area contributed by atoms with E-state index in [4.69, 9.17) is 15.2 Å². The zero-order chi connectivity index (χ0) is 15.4. The number of carbonyl (C=O) groups is 1. The van der Waals surface area contributed by atoms with Crippen molar-refractivity contribution in [3.05, 3.63) is 59.2 Å². The number of carbonyl (C=O) groups excluding carboxylic acids is 1. The highest BCUT2D eigenvalue weighted by molar-refractivity contribution is 5.92. The molecule has 0 aliphatic carbocycles. The predicted molar refractivity (Wildman–Crippen MR) is 72.2 cm³/mol. The Labute approximate surface area is 120 Å². The number of methoxy groups -OCH3 is 1. The van der Waals surface area contributed by atoms with Crippen molar-refractivity contribution in [1.82, 2.24) is 0 Å². The molecule has 6 heteroatoms. The molecule has 0 bridgehead atoms. The van der Waals surface area contributed by atoms with Crippen LogP contribution in [0.2, 0.25) is 0 Å². The van der Waals surface area contributed by atoms with Crippen LogP contribution in [0, 0.1) is 11.6 Å². The summed E-state index contributed by atoms with van der Waals surface area (Å²) >= 11 is 0. The van der Waals surface area contributed by atoms with E-state index in [1.807, 2.05) is 0 Å². The molecule has 0 saturated carbocycles. The fraction of sp³-hybridized carbons (Fsp3) is 0.133. The van der Waals surface area contributed by atoms with Crippen molar-refractivity contribution in [2.45, 2.75) is 6.61 Å². The molecule has 0 unspecified atom stereocenters. The highest BCUT2D eigenvalue weighted by Crippen LogP contribution is 2.24. The lowest BCUT2D eigenvalue weighted by Gasteiger charge is -2.10. The van der Waals surface area contributed by atoms with Crippen LogP contribution in [-0.4, -0.2) is 13.0 Å². The van der Waals surface area contributed by atoms with Gasteiger partial charge in [-0.3, -0.25) is 4.79 Å². The average Bonchev–Trinajstić information content (AvgIpc) is 2.46. The molecule has 0 atom stereocenters. The molecule has 1 amide bonds. The molecule has 0 fully saturated rings. The number of hydrogen-bond acceptors (Lipinski definition) is 3. The monoisotopic (exact) mass is 293 g/mol. The molecule has 2 aromatic carbocycles. The van der Waals surface area contributed by atoms with Crippen molar-refractivity contribution in [2.24, 2.45) is 5.73 Å². The van der Waals surface area contributed by atoms with Crippen molar-refractivity contribution in [2.75, 3.05) is 7.11 Å². The van der Waals surface area contributed by atoms with Crippen molar-refractivity contribution in [1.29, 1.82) is 0 Å². The summed E-state index contributed by atoms with van der Waals surface area (Å²) in [4.78, 5) is 10.9. The van der Waals surface area contributed by atoms with Gasteiger partial charge in [0.25, 0.3) is 0 Å². The van der Waals surface area contributed by atoms with Gasteiger partial charge in [0.15, 0.2) is 17.4 Å². The number of amides is 1. The van der Waals surface area contributed by atoms with Crippen LogP contribution in [0.1, 0.15) is 15.9 Å². The van der Waals surface area contributed by atoms with Gasteiger partial charge in [0, 0.05) is 5.56 Å². The lowest BCUT2D eigenvalue weighted by atomic mass is 10.2. The van der Waals surface area contributed by atoms with E-state index in [1.165, 1.54) is 7.11 Å². The maximum atomic E-state index is 13.7. The van der Waals surface area contributed by atoms with Gasteiger partial charge < -0.3 is 15.2 Å². The van der Waals surface area contributed by atoms with Gasteiger partial charge in [-0.05, 0) is 29.8 Å². The van der Waals surface area contributed by atoms with Gasteiger partial charge in [-0.15, -0.1) is 0 Å². The highest BCUT2D eigenvalue weighted by Gasteiger charge is 2.15. The second-order valence-corrected chi connectivity index (χ2v) is 4.27. The largest absolute Gasteiger partial charge is 0.497 e. The average molecular weight is 293 g/mol. The summed E-state index contributed by atoms with van der Waals surface area (Å²) in [7, 11) is 1.54. The molecular weight excluding hydrogens is 280 g/mol. The Hall–Kier alpha value is -2.63. The molecule has 110 valence electrons. The minimum atomic E-state index is -0.975. The molecule has 21 heavy (non-hydrogen) atoms. The quantitative estimate of drug-likeness (QED) is 0.922. The van der Waals surface area contributed by atoms with E-state index in [2.05, 4.69) is 0 Å². The van der Waals surface area contributed by atoms with Crippen molar-refractivity contribution < 1.29 is 23.0 Å². The maximum Gasteiger partial charge on any atom is 0.248 e. The van der Waals surface area contributed by atoms with Crippen molar-refractivity contribution in [3.63, 3.8) is 0 Å². The zero-order valence-electron chi connectivity index (χ0n) is 11.2. The molecule has 2 aromatic rings. The predicted octanol–water partition coefficient (Wildman–Crippen LogP) is 2.65. The summed E-state index contributed by atoms with van der Waals surface area (Å²) in [6, 6.07) is 8.53. The fourth-order valence-corrected chi connectivity index (χ4v) is 1.72. The zero-order valence-corrected chi connectivity index (χ0v) is 11.2. The Kier molecular flexibility index (Phi) is 4.37. The SMILES string of the molecule is COc1ccc(COc2c(F)cc(C(N)=O)cc2F)cc1. The molecule has 0 saturated heterocycles. The Balaban J connectivity index is 2.14. The first kappa shape index (κ1) is 14.8. The normalized spacial score (nSPS) is 10.2. The van der Waals surface area contributed by atoms with Crippen LogP contribution in [0.5, 0.6) is 11.5 Å². The molecule has 0 spiro atoms. The summed E-state index contributed by atoms with van der Waals surface area (Å²) < 4.78 is 37.5. The second-order valence-electron chi connectivity index (χ2n) is 4.27. The summed E-state index contributed by atoms with van der Waals surface area (Å²) in [5.74, 6) is -2.73. The number of ether oxygens (including phenoxy) is 2. The summed E-state index contributed by atoms with van der Waals surface area (Å²) in [6.45, 7) is -0.0201. The minimum Gasteiger partial charge on any atom is -0.497 e. The Morgan fingerprint density at radius 2 is 1.71 bits per heavy atom. The number of nitrogens with two attached hydrogens (primary N) is 1. The number of hydrogen-bond donors (Lipinski definition) is 1. The molecule has 0 radical (unpaired) electrons. The van der Waals surface area contributed by atoms with Gasteiger partial charge in [-0.25, -0.2) is 8.78 Å². The highest BCUT2D eigenvalue weighted by atomic mass is 19.1. The Morgan fingerprint density at radius 3 is 2.19 bits per heavy atom. The van der Waals surface area contributed by atoms with Crippen LogP contribution in [0.3, 0.4) is 0 Å². The maximum absolute atomic E-state index is 13.7. The van der Waals surface area contributed by atoms with Gasteiger partial charge in [-0.1, -0.05) is 12.1 Å². The van der Waals surface area contributed by atoms with E-state index in [-0.39, 0.29) is 12.2 Å². The fourth-order valence-electron chi connectivity index (χ4n) is 1.72. The third kappa shape index (κ3) is 3.47. The van der Waals surface area contributed by atoms with E-state index in [0.29, 0.717) is 11.3 Å². The van der Waals surface area contributed by atoms with Crippen molar-refractivity contribution in [3.8, 4) is 11.5 Å². The van der Waals surface area contributed by atoms with E-state index < -0.39 is 23.3 Å². The smallest absolute Gasteiger partial charge is 0.248 e. The molecule has 2 N–H and O–H groups in total. The summed E-state index contributed by atoms with van der Waals surface area (Å²) in [6.07, 6.45) is 0. The molecule has 0 aromatic heterocycles.